The summed E-state index contributed by atoms with van der Waals surface area (Å²) in [4.78, 5) is 0. The van der Waals surface area contributed by atoms with Crippen molar-refractivity contribution in [2.24, 2.45) is 5.92 Å². The Balaban J connectivity index is 2.54. The number of nitrogens with one attached hydrogen (secondary N) is 1. The predicted octanol–water partition coefficient (Wildman–Crippen LogP) is 2.36. The van der Waals surface area contributed by atoms with Gasteiger partial charge in [-0.2, -0.15) is 0 Å². The van der Waals surface area contributed by atoms with Gasteiger partial charge in [0.05, 0.1) is 13.2 Å². The molecule has 0 aliphatic rings. The van der Waals surface area contributed by atoms with Crippen LogP contribution in [0.1, 0.15) is 32.4 Å². The van der Waals surface area contributed by atoms with Crippen LogP contribution in [-0.4, -0.2) is 24.8 Å². The van der Waals surface area contributed by atoms with Gasteiger partial charge in [-0.1, -0.05) is 26.0 Å². The second-order valence-electron chi connectivity index (χ2n) is 4.73. The molecular weight excluding hydrogens is 214 g/mol. The van der Waals surface area contributed by atoms with Gasteiger partial charge in [0.25, 0.3) is 0 Å². The second kappa shape index (κ2) is 6.62. The van der Waals surface area contributed by atoms with Crippen LogP contribution >= 0.6 is 0 Å². The van der Waals surface area contributed by atoms with Gasteiger partial charge >= 0.3 is 0 Å². The second-order valence-corrected chi connectivity index (χ2v) is 4.73. The topological polar surface area (TPSA) is 41.5 Å². The zero-order valence-corrected chi connectivity index (χ0v) is 11.1. The first-order valence-corrected chi connectivity index (χ1v) is 6.10. The van der Waals surface area contributed by atoms with Gasteiger partial charge in [0.1, 0.15) is 5.75 Å². The predicted molar refractivity (Wildman–Crippen MR) is 70.3 cm³/mol. The van der Waals surface area contributed by atoms with E-state index >= 15 is 0 Å². The molecule has 0 amide bonds. The van der Waals surface area contributed by atoms with Gasteiger partial charge in [0, 0.05) is 12.6 Å². The van der Waals surface area contributed by atoms with Gasteiger partial charge in [-0.25, -0.2) is 0 Å². The van der Waals surface area contributed by atoms with Crippen molar-refractivity contribution >= 4 is 0 Å². The first-order valence-electron chi connectivity index (χ1n) is 6.10. The highest BCUT2D eigenvalue weighted by Crippen LogP contribution is 2.18. The normalized spacial score (nSPS) is 14.7. The van der Waals surface area contributed by atoms with Gasteiger partial charge in [-0.05, 0) is 30.5 Å². The molecular formula is C14H23NO2. The summed E-state index contributed by atoms with van der Waals surface area (Å²) in [6, 6.07) is 7.94. The molecule has 1 aromatic carbocycles. The smallest absolute Gasteiger partial charge is 0.119 e. The van der Waals surface area contributed by atoms with E-state index in [2.05, 4.69) is 26.1 Å². The van der Waals surface area contributed by atoms with Crippen molar-refractivity contribution in [3.63, 3.8) is 0 Å². The quantitative estimate of drug-likeness (QED) is 0.798. The highest BCUT2D eigenvalue weighted by molar-refractivity contribution is 5.29. The minimum Gasteiger partial charge on any atom is -0.497 e. The maximum Gasteiger partial charge on any atom is 0.119 e. The molecule has 1 rings (SSSR count). The van der Waals surface area contributed by atoms with E-state index in [0.29, 0.717) is 18.5 Å². The fourth-order valence-electron chi connectivity index (χ4n) is 1.50. The average molecular weight is 237 g/mol. The fourth-order valence-corrected chi connectivity index (χ4v) is 1.50. The molecule has 2 unspecified atom stereocenters. The van der Waals surface area contributed by atoms with E-state index in [1.165, 1.54) is 0 Å². The van der Waals surface area contributed by atoms with E-state index in [-0.39, 0.29) is 0 Å². The van der Waals surface area contributed by atoms with Gasteiger partial charge in [0.2, 0.25) is 0 Å². The van der Waals surface area contributed by atoms with Crippen LogP contribution < -0.4 is 10.1 Å². The Bertz CT molecular complexity index is 339. The van der Waals surface area contributed by atoms with Crippen LogP contribution in [0.5, 0.6) is 5.75 Å². The molecule has 2 N–H and O–H groups in total. The highest BCUT2D eigenvalue weighted by atomic mass is 16.5. The first-order chi connectivity index (χ1) is 8.04. The largest absolute Gasteiger partial charge is 0.497 e. The summed E-state index contributed by atoms with van der Waals surface area (Å²) in [7, 11) is 1.63. The van der Waals surface area contributed by atoms with Crippen molar-refractivity contribution in [1.29, 1.82) is 0 Å². The summed E-state index contributed by atoms with van der Waals surface area (Å²) in [6.07, 6.45) is -0.494. The third-order valence-corrected chi connectivity index (χ3v) is 3.11. The summed E-state index contributed by atoms with van der Waals surface area (Å²) >= 11 is 0. The van der Waals surface area contributed by atoms with E-state index in [9.17, 15) is 5.11 Å². The Kier molecular flexibility index (Phi) is 5.45. The zero-order valence-electron chi connectivity index (χ0n) is 11.1. The summed E-state index contributed by atoms with van der Waals surface area (Å²) in [5, 5.41) is 13.4. The zero-order chi connectivity index (χ0) is 12.8. The van der Waals surface area contributed by atoms with E-state index < -0.39 is 6.10 Å². The molecule has 0 radical (unpaired) electrons. The van der Waals surface area contributed by atoms with Gasteiger partial charge in [-0.15, -0.1) is 0 Å². The first kappa shape index (κ1) is 14.0. The molecule has 0 spiro atoms. The molecule has 0 heterocycles. The number of rotatable bonds is 6. The lowest BCUT2D eigenvalue weighted by molar-refractivity contribution is 0.167. The lowest BCUT2D eigenvalue weighted by atomic mass is 10.1. The fraction of sp³-hybridized carbons (Fsp3) is 0.571. The van der Waals surface area contributed by atoms with Crippen LogP contribution in [0.25, 0.3) is 0 Å². The number of ether oxygens (including phenoxy) is 1. The summed E-state index contributed by atoms with van der Waals surface area (Å²) in [6.45, 7) is 7.01. The minimum atomic E-state index is -0.494. The molecule has 0 bridgehead atoms. The number of methoxy groups -OCH3 is 1. The SMILES string of the molecule is COc1cccc(C(O)CNC(C)C(C)C)c1. The Morgan fingerprint density at radius 3 is 2.59 bits per heavy atom. The molecule has 1 aromatic rings. The van der Waals surface area contributed by atoms with E-state index in [4.69, 9.17) is 4.74 Å². The van der Waals surface area contributed by atoms with Crippen molar-refractivity contribution in [3.8, 4) is 5.75 Å². The monoisotopic (exact) mass is 237 g/mol. The lowest BCUT2D eigenvalue weighted by Crippen LogP contribution is -2.34. The average Bonchev–Trinajstić information content (AvgIpc) is 2.35. The van der Waals surface area contributed by atoms with Crippen LogP contribution in [0, 0.1) is 5.92 Å². The van der Waals surface area contributed by atoms with Gasteiger partial charge < -0.3 is 15.2 Å². The number of hydrogen-bond acceptors (Lipinski definition) is 3. The van der Waals surface area contributed by atoms with Crippen molar-refractivity contribution < 1.29 is 9.84 Å². The van der Waals surface area contributed by atoms with Gasteiger partial charge in [0.15, 0.2) is 0 Å². The van der Waals surface area contributed by atoms with Crippen LogP contribution in [0.2, 0.25) is 0 Å². The third-order valence-electron chi connectivity index (χ3n) is 3.11. The third kappa shape index (κ3) is 4.36. The van der Waals surface area contributed by atoms with Crippen LogP contribution in [0.4, 0.5) is 0 Å². The number of aliphatic hydroxyl groups is 1. The maximum atomic E-state index is 10.1. The molecule has 0 saturated heterocycles. The van der Waals surface area contributed by atoms with Crippen molar-refractivity contribution in [2.75, 3.05) is 13.7 Å². The van der Waals surface area contributed by atoms with Gasteiger partial charge in [-0.3, -0.25) is 0 Å². The molecule has 0 fully saturated rings. The molecule has 0 aromatic heterocycles. The Morgan fingerprint density at radius 1 is 1.29 bits per heavy atom. The molecule has 0 aliphatic carbocycles. The van der Waals surface area contributed by atoms with E-state index in [1.54, 1.807) is 7.11 Å². The lowest BCUT2D eigenvalue weighted by Gasteiger charge is -2.20. The Hall–Kier alpha value is -1.06. The molecule has 2 atom stereocenters. The minimum absolute atomic E-state index is 0.398. The molecule has 0 saturated carbocycles. The molecule has 96 valence electrons. The Labute approximate surface area is 104 Å². The van der Waals surface area contributed by atoms with Crippen molar-refractivity contribution in [2.45, 2.75) is 32.9 Å². The van der Waals surface area contributed by atoms with Crippen LogP contribution in [0.3, 0.4) is 0 Å². The molecule has 3 heteroatoms. The standard InChI is InChI=1S/C14H23NO2/c1-10(2)11(3)15-9-14(16)12-6-5-7-13(8-12)17-4/h5-8,10-11,14-16H,9H2,1-4H3. The maximum absolute atomic E-state index is 10.1. The molecule has 3 nitrogen and oxygen atoms in total. The summed E-state index contributed by atoms with van der Waals surface area (Å²) in [5.41, 5.74) is 0.882. The van der Waals surface area contributed by atoms with Crippen LogP contribution in [0.15, 0.2) is 24.3 Å². The summed E-state index contributed by atoms with van der Waals surface area (Å²) in [5.74, 6) is 1.34. The van der Waals surface area contributed by atoms with Crippen molar-refractivity contribution in [1.82, 2.24) is 5.32 Å². The number of hydrogen-bond donors (Lipinski definition) is 2. The molecule has 0 aliphatic heterocycles. The number of aliphatic hydroxyl groups excluding tert-OH is 1. The summed E-state index contributed by atoms with van der Waals surface area (Å²) < 4.78 is 5.14. The van der Waals surface area contributed by atoms with Crippen LogP contribution in [-0.2, 0) is 0 Å². The van der Waals surface area contributed by atoms with Crippen molar-refractivity contribution in [3.05, 3.63) is 29.8 Å². The number of benzene rings is 1. The highest BCUT2D eigenvalue weighted by Gasteiger charge is 2.11. The van der Waals surface area contributed by atoms with E-state index in [0.717, 1.165) is 11.3 Å². The van der Waals surface area contributed by atoms with E-state index in [1.807, 2.05) is 24.3 Å². The Morgan fingerprint density at radius 2 is 2.00 bits per heavy atom. The molecule has 17 heavy (non-hydrogen) atoms.